The van der Waals surface area contributed by atoms with Gasteiger partial charge in [0.05, 0.1) is 11.4 Å². The van der Waals surface area contributed by atoms with Gasteiger partial charge in [0.2, 0.25) is 0 Å². The van der Waals surface area contributed by atoms with Crippen molar-refractivity contribution in [1.29, 1.82) is 0 Å². The van der Waals surface area contributed by atoms with Gasteiger partial charge in [-0.1, -0.05) is 23.4 Å². The van der Waals surface area contributed by atoms with Crippen LogP contribution in [-0.2, 0) is 4.79 Å². The SMILES string of the molecule is O=C(O)CSc1nncn1-c1cc(Cl)ccc1F. The number of benzene rings is 1. The van der Waals surface area contributed by atoms with Crippen molar-refractivity contribution in [3.05, 3.63) is 35.4 Å². The Morgan fingerprint density at radius 3 is 3.06 bits per heavy atom. The molecule has 94 valence electrons. The molecule has 1 aromatic carbocycles. The molecule has 0 aliphatic carbocycles. The summed E-state index contributed by atoms with van der Waals surface area (Å²) in [6.07, 6.45) is 1.30. The fourth-order valence-corrected chi connectivity index (χ4v) is 2.09. The number of thioether (sulfide) groups is 1. The maximum Gasteiger partial charge on any atom is 0.313 e. The number of carboxylic acids is 1. The summed E-state index contributed by atoms with van der Waals surface area (Å²) in [5.74, 6) is -1.65. The van der Waals surface area contributed by atoms with E-state index in [0.717, 1.165) is 11.8 Å². The monoisotopic (exact) mass is 287 g/mol. The molecule has 8 heteroatoms. The summed E-state index contributed by atoms with van der Waals surface area (Å²) in [5, 5.41) is 16.6. The summed E-state index contributed by atoms with van der Waals surface area (Å²) in [6, 6.07) is 4.07. The Morgan fingerprint density at radius 1 is 1.56 bits per heavy atom. The van der Waals surface area contributed by atoms with E-state index in [1.807, 2.05) is 0 Å². The number of carboxylic acid groups (broad SMARTS) is 1. The number of aliphatic carboxylic acids is 1. The van der Waals surface area contributed by atoms with E-state index >= 15 is 0 Å². The largest absolute Gasteiger partial charge is 0.481 e. The second-order valence-electron chi connectivity index (χ2n) is 3.26. The molecule has 1 aromatic heterocycles. The van der Waals surface area contributed by atoms with Crippen molar-refractivity contribution in [2.75, 3.05) is 5.75 Å². The standard InChI is InChI=1S/C10H7ClFN3O2S/c11-6-1-2-7(12)8(3-6)15-5-13-14-10(15)18-4-9(16)17/h1-3,5H,4H2,(H,16,17). The van der Waals surface area contributed by atoms with E-state index < -0.39 is 11.8 Å². The third-order valence-corrected chi connectivity index (χ3v) is 3.17. The van der Waals surface area contributed by atoms with Gasteiger partial charge in [0.15, 0.2) is 5.16 Å². The highest BCUT2D eigenvalue weighted by atomic mass is 35.5. The van der Waals surface area contributed by atoms with Crippen LogP contribution in [0.3, 0.4) is 0 Å². The topological polar surface area (TPSA) is 68.0 Å². The van der Waals surface area contributed by atoms with Crippen LogP contribution >= 0.6 is 23.4 Å². The van der Waals surface area contributed by atoms with Crippen molar-refractivity contribution in [1.82, 2.24) is 14.8 Å². The fraction of sp³-hybridized carbons (Fsp3) is 0.100. The van der Waals surface area contributed by atoms with Crippen molar-refractivity contribution >= 4 is 29.3 Å². The zero-order chi connectivity index (χ0) is 13.1. The van der Waals surface area contributed by atoms with E-state index in [2.05, 4.69) is 10.2 Å². The number of carbonyl (C=O) groups is 1. The zero-order valence-electron chi connectivity index (χ0n) is 8.88. The van der Waals surface area contributed by atoms with E-state index in [-0.39, 0.29) is 11.4 Å². The number of rotatable bonds is 4. The molecule has 0 amide bonds. The summed E-state index contributed by atoms with van der Waals surface area (Å²) in [6.45, 7) is 0. The molecule has 1 heterocycles. The number of hydrogen-bond donors (Lipinski definition) is 1. The summed E-state index contributed by atoms with van der Waals surface area (Å²) < 4.78 is 15.0. The molecule has 1 N–H and O–H groups in total. The van der Waals surface area contributed by atoms with Crippen LogP contribution in [0, 0.1) is 5.82 Å². The first-order valence-electron chi connectivity index (χ1n) is 4.78. The number of halogens is 2. The lowest BCUT2D eigenvalue weighted by atomic mass is 10.3. The normalized spacial score (nSPS) is 10.6. The predicted molar refractivity (Wildman–Crippen MR) is 64.7 cm³/mol. The van der Waals surface area contributed by atoms with Gasteiger partial charge in [-0.25, -0.2) is 4.39 Å². The molecule has 18 heavy (non-hydrogen) atoms. The van der Waals surface area contributed by atoms with Crippen molar-refractivity contribution in [3.63, 3.8) is 0 Å². The fourth-order valence-electron chi connectivity index (χ4n) is 1.28. The Morgan fingerprint density at radius 2 is 2.33 bits per heavy atom. The second kappa shape index (κ2) is 5.36. The van der Waals surface area contributed by atoms with Crippen molar-refractivity contribution < 1.29 is 14.3 Å². The Bertz CT molecular complexity index is 590. The van der Waals surface area contributed by atoms with E-state index in [9.17, 15) is 9.18 Å². The molecule has 0 unspecified atom stereocenters. The highest BCUT2D eigenvalue weighted by molar-refractivity contribution is 7.99. The summed E-state index contributed by atoms with van der Waals surface area (Å²) in [7, 11) is 0. The average molecular weight is 288 g/mol. The summed E-state index contributed by atoms with van der Waals surface area (Å²) >= 11 is 6.74. The minimum atomic E-state index is -0.985. The quantitative estimate of drug-likeness (QED) is 0.874. The molecule has 0 bridgehead atoms. The molecule has 2 aromatic rings. The van der Waals surface area contributed by atoms with Crippen LogP contribution < -0.4 is 0 Å². The Kier molecular flexibility index (Phi) is 3.83. The Hall–Kier alpha value is -1.60. The Balaban J connectivity index is 2.36. The zero-order valence-corrected chi connectivity index (χ0v) is 10.5. The lowest BCUT2D eigenvalue weighted by Gasteiger charge is -2.06. The highest BCUT2D eigenvalue weighted by Gasteiger charge is 2.12. The third kappa shape index (κ3) is 2.80. The van der Waals surface area contributed by atoms with Crippen molar-refractivity contribution in [2.45, 2.75) is 5.16 Å². The smallest absolute Gasteiger partial charge is 0.313 e. The van der Waals surface area contributed by atoms with Gasteiger partial charge < -0.3 is 5.11 Å². The number of aromatic nitrogens is 3. The van der Waals surface area contributed by atoms with Crippen LogP contribution in [0.25, 0.3) is 5.69 Å². The van der Waals surface area contributed by atoms with Gasteiger partial charge >= 0.3 is 5.97 Å². The first-order chi connectivity index (χ1) is 8.58. The third-order valence-electron chi connectivity index (χ3n) is 2.01. The maximum atomic E-state index is 13.7. The van der Waals surface area contributed by atoms with Gasteiger partial charge in [0.25, 0.3) is 0 Å². The number of nitrogens with zero attached hydrogens (tertiary/aromatic N) is 3. The first-order valence-corrected chi connectivity index (χ1v) is 6.14. The van der Waals surface area contributed by atoms with E-state index in [1.54, 1.807) is 0 Å². The van der Waals surface area contributed by atoms with E-state index in [1.165, 1.54) is 29.1 Å². The van der Waals surface area contributed by atoms with Crippen molar-refractivity contribution in [3.8, 4) is 5.69 Å². The van der Waals surface area contributed by atoms with Gasteiger partial charge in [-0.2, -0.15) is 0 Å². The molecule has 0 aliphatic heterocycles. The molecule has 0 radical (unpaired) electrons. The lowest BCUT2D eigenvalue weighted by molar-refractivity contribution is -0.133. The molecule has 2 rings (SSSR count). The van der Waals surface area contributed by atoms with Gasteiger partial charge in [-0.05, 0) is 18.2 Å². The molecule has 0 fully saturated rings. The first kappa shape index (κ1) is 12.8. The molecule has 0 saturated heterocycles. The second-order valence-corrected chi connectivity index (χ2v) is 4.64. The van der Waals surface area contributed by atoms with Crippen LogP contribution in [0.5, 0.6) is 0 Å². The van der Waals surface area contributed by atoms with Crippen LogP contribution in [0.2, 0.25) is 5.02 Å². The van der Waals surface area contributed by atoms with E-state index in [0.29, 0.717) is 10.2 Å². The average Bonchev–Trinajstić information content (AvgIpc) is 2.77. The van der Waals surface area contributed by atoms with Gasteiger partial charge in [-0.3, -0.25) is 9.36 Å². The van der Waals surface area contributed by atoms with Crippen LogP contribution in [0.1, 0.15) is 0 Å². The van der Waals surface area contributed by atoms with Crippen LogP contribution in [0.15, 0.2) is 29.7 Å². The van der Waals surface area contributed by atoms with Crippen LogP contribution in [-0.4, -0.2) is 31.6 Å². The molecule has 0 atom stereocenters. The van der Waals surface area contributed by atoms with Crippen molar-refractivity contribution in [2.24, 2.45) is 0 Å². The maximum absolute atomic E-state index is 13.7. The molecule has 0 spiro atoms. The van der Waals surface area contributed by atoms with E-state index in [4.69, 9.17) is 16.7 Å². The van der Waals surface area contributed by atoms with Crippen LogP contribution in [0.4, 0.5) is 4.39 Å². The van der Waals surface area contributed by atoms with Gasteiger partial charge in [0.1, 0.15) is 12.1 Å². The highest BCUT2D eigenvalue weighted by Crippen LogP contribution is 2.23. The number of hydrogen-bond acceptors (Lipinski definition) is 4. The summed E-state index contributed by atoms with van der Waals surface area (Å²) in [5.41, 5.74) is 0.181. The minimum Gasteiger partial charge on any atom is -0.481 e. The molecular formula is C10H7ClFN3O2S. The minimum absolute atomic E-state index is 0.180. The summed E-state index contributed by atoms with van der Waals surface area (Å²) in [4.78, 5) is 10.5. The molecule has 0 aliphatic rings. The van der Waals surface area contributed by atoms with Gasteiger partial charge in [-0.15, -0.1) is 10.2 Å². The van der Waals surface area contributed by atoms with Gasteiger partial charge in [0, 0.05) is 5.02 Å². The molecule has 5 nitrogen and oxygen atoms in total. The Labute approximate surface area is 111 Å². The predicted octanol–water partition coefficient (Wildman–Crippen LogP) is 2.24. The molecular weight excluding hydrogens is 281 g/mol. The molecule has 0 saturated carbocycles. The lowest BCUT2D eigenvalue weighted by Crippen LogP contribution is -2.02.